The predicted octanol–water partition coefficient (Wildman–Crippen LogP) is -0.162. The molecule has 0 bridgehead atoms. The first kappa shape index (κ1) is 14.9. The van der Waals surface area contributed by atoms with Gasteiger partial charge in [-0.15, -0.1) is 0 Å². The molecule has 0 radical (unpaired) electrons. The van der Waals surface area contributed by atoms with E-state index >= 15 is 0 Å². The van der Waals surface area contributed by atoms with E-state index in [1.165, 1.54) is 0 Å². The molecule has 104 valence electrons. The van der Waals surface area contributed by atoms with Crippen molar-refractivity contribution >= 4 is 11.9 Å². The Morgan fingerprint density at radius 3 is 2.72 bits per heavy atom. The zero-order valence-electron chi connectivity index (χ0n) is 10.9. The van der Waals surface area contributed by atoms with Crippen molar-refractivity contribution in [2.24, 2.45) is 11.8 Å². The molecule has 1 aliphatic heterocycles. The Labute approximate surface area is 107 Å². The molecule has 6 heteroatoms. The summed E-state index contributed by atoms with van der Waals surface area (Å²) < 4.78 is 5.29. The average Bonchev–Trinajstić information content (AvgIpc) is 2.34. The van der Waals surface area contributed by atoms with E-state index in [9.17, 15) is 9.59 Å². The molecule has 0 aliphatic carbocycles. The summed E-state index contributed by atoms with van der Waals surface area (Å²) in [5.74, 6) is -1.36. The van der Waals surface area contributed by atoms with Crippen molar-refractivity contribution in [1.29, 1.82) is 0 Å². The number of rotatable bonds is 6. The van der Waals surface area contributed by atoms with Crippen LogP contribution in [0, 0.1) is 11.8 Å². The van der Waals surface area contributed by atoms with Crippen molar-refractivity contribution in [1.82, 2.24) is 10.6 Å². The standard InChI is InChI=1S/C12H22N2O4/c1-8(2)5-9(12(16)17)6-14-11(15)10-7-13-3-4-18-10/h8-10,13H,3-7H2,1-2H3,(H,14,15)(H,16,17). The van der Waals surface area contributed by atoms with Crippen molar-refractivity contribution in [2.75, 3.05) is 26.2 Å². The van der Waals surface area contributed by atoms with Crippen LogP contribution in [0.2, 0.25) is 0 Å². The van der Waals surface area contributed by atoms with E-state index in [0.29, 0.717) is 19.6 Å². The highest BCUT2D eigenvalue weighted by molar-refractivity contribution is 5.81. The van der Waals surface area contributed by atoms with Crippen LogP contribution in [0.25, 0.3) is 0 Å². The Hall–Kier alpha value is -1.14. The van der Waals surface area contributed by atoms with E-state index in [1.807, 2.05) is 13.8 Å². The summed E-state index contributed by atoms with van der Waals surface area (Å²) in [4.78, 5) is 22.8. The lowest BCUT2D eigenvalue weighted by Crippen LogP contribution is -2.49. The molecule has 0 saturated carbocycles. The number of carboxylic acid groups (broad SMARTS) is 1. The zero-order valence-corrected chi connectivity index (χ0v) is 10.9. The molecule has 1 heterocycles. The third-order valence-electron chi connectivity index (χ3n) is 2.85. The maximum absolute atomic E-state index is 11.7. The molecule has 0 aromatic carbocycles. The van der Waals surface area contributed by atoms with Gasteiger partial charge in [-0.05, 0) is 12.3 Å². The fourth-order valence-corrected chi connectivity index (χ4v) is 1.91. The lowest BCUT2D eigenvalue weighted by Gasteiger charge is -2.23. The molecule has 0 aromatic heterocycles. The molecular formula is C12H22N2O4. The Morgan fingerprint density at radius 1 is 1.50 bits per heavy atom. The fraction of sp³-hybridized carbons (Fsp3) is 0.833. The normalized spacial score (nSPS) is 21.6. The van der Waals surface area contributed by atoms with Crippen molar-refractivity contribution in [3.8, 4) is 0 Å². The number of amides is 1. The van der Waals surface area contributed by atoms with Crippen LogP contribution < -0.4 is 10.6 Å². The molecule has 1 amide bonds. The van der Waals surface area contributed by atoms with Crippen LogP contribution in [-0.4, -0.2) is 49.3 Å². The lowest BCUT2D eigenvalue weighted by molar-refractivity contribution is -0.142. The molecule has 18 heavy (non-hydrogen) atoms. The van der Waals surface area contributed by atoms with Crippen molar-refractivity contribution in [3.63, 3.8) is 0 Å². The number of carbonyl (C=O) groups is 2. The SMILES string of the molecule is CC(C)CC(CNC(=O)C1CNCCO1)C(=O)O. The first-order valence-electron chi connectivity index (χ1n) is 6.33. The van der Waals surface area contributed by atoms with Gasteiger partial charge in [0.05, 0.1) is 12.5 Å². The van der Waals surface area contributed by atoms with Gasteiger partial charge in [-0.2, -0.15) is 0 Å². The zero-order chi connectivity index (χ0) is 13.5. The second-order valence-electron chi connectivity index (χ2n) is 4.97. The van der Waals surface area contributed by atoms with Gasteiger partial charge in [0, 0.05) is 19.6 Å². The molecule has 6 nitrogen and oxygen atoms in total. The minimum Gasteiger partial charge on any atom is -0.481 e. The molecule has 0 aromatic rings. The van der Waals surface area contributed by atoms with Gasteiger partial charge in [-0.3, -0.25) is 9.59 Å². The summed E-state index contributed by atoms with van der Waals surface area (Å²) in [5, 5.41) is 14.8. The van der Waals surface area contributed by atoms with Crippen LogP contribution in [0.3, 0.4) is 0 Å². The van der Waals surface area contributed by atoms with Crippen molar-refractivity contribution in [3.05, 3.63) is 0 Å². The van der Waals surface area contributed by atoms with Crippen LogP contribution in [-0.2, 0) is 14.3 Å². The lowest BCUT2D eigenvalue weighted by atomic mass is 9.97. The third-order valence-corrected chi connectivity index (χ3v) is 2.85. The first-order valence-corrected chi connectivity index (χ1v) is 6.33. The second-order valence-corrected chi connectivity index (χ2v) is 4.97. The minimum absolute atomic E-state index is 0.159. The first-order chi connectivity index (χ1) is 8.50. The highest BCUT2D eigenvalue weighted by Crippen LogP contribution is 2.11. The smallest absolute Gasteiger partial charge is 0.308 e. The maximum Gasteiger partial charge on any atom is 0.308 e. The molecule has 1 saturated heterocycles. The number of ether oxygens (including phenoxy) is 1. The number of morpholine rings is 1. The van der Waals surface area contributed by atoms with Crippen molar-refractivity contribution < 1.29 is 19.4 Å². The monoisotopic (exact) mass is 258 g/mol. The van der Waals surface area contributed by atoms with Crippen LogP contribution >= 0.6 is 0 Å². The van der Waals surface area contributed by atoms with Crippen LogP contribution in [0.5, 0.6) is 0 Å². The fourth-order valence-electron chi connectivity index (χ4n) is 1.91. The molecule has 0 spiro atoms. The van der Waals surface area contributed by atoms with E-state index in [-0.39, 0.29) is 18.4 Å². The maximum atomic E-state index is 11.7. The highest BCUT2D eigenvalue weighted by Gasteiger charge is 2.24. The van der Waals surface area contributed by atoms with Gasteiger partial charge in [0.2, 0.25) is 5.91 Å². The number of aliphatic carboxylic acids is 1. The van der Waals surface area contributed by atoms with Gasteiger partial charge < -0.3 is 20.5 Å². The number of nitrogens with one attached hydrogen (secondary N) is 2. The molecule has 1 rings (SSSR count). The van der Waals surface area contributed by atoms with Crippen molar-refractivity contribution in [2.45, 2.75) is 26.4 Å². The summed E-state index contributed by atoms with van der Waals surface area (Å²) in [7, 11) is 0. The van der Waals surface area contributed by atoms with E-state index in [4.69, 9.17) is 9.84 Å². The molecule has 1 aliphatic rings. The van der Waals surface area contributed by atoms with E-state index < -0.39 is 18.0 Å². The summed E-state index contributed by atoms with van der Waals surface area (Å²) in [6, 6.07) is 0. The van der Waals surface area contributed by atoms with Gasteiger partial charge in [-0.1, -0.05) is 13.8 Å². The van der Waals surface area contributed by atoms with Gasteiger partial charge in [-0.25, -0.2) is 0 Å². The van der Waals surface area contributed by atoms with Gasteiger partial charge >= 0.3 is 5.97 Å². The summed E-state index contributed by atoms with van der Waals surface area (Å²) in [6.45, 7) is 5.82. The van der Waals surface area contributed by atoms with Gasteiger partial charge in [0.1, 0.15) is 6.10 Å². The molecule has 3 N–H and O–H groups in total. The number of carbonyl (C=O) groups excluding carboxylic acids is 1. The Balaban J connectivity index is 2.36. The number of hydrogen-bond donors (Lipinski definition) is 3. The molecular weight excluding hydrogens is 236 g/mol. The topological polar surface area (TPSA) is 87.7 Å². The van der Waals surface area contributed by atoms with Crippen LogP contribution in [0.4, 0.5) is 0 Å². The molecule has 1 fully saturated rings. The average molecular weight is 258 g/mol. The van der Waals surface area contributed by atoms with Crippen LogP contribution in [0.1, 0.15) is 20.3 Å². The summed E-state index contributed by atoms with van der Waals surface area (Å²) in [5.41, 5.74) is 0. The summed E-state index contributed by atoms with van der Waals surface area (Å²) in [6.07, 6.45) is 0.0478. The van der Waals surface area contributed by atoms with Crippen LogP contribution in [0.15, 0.2) is 0 Å². The van der Waals surface area contributed by atoms with E-state index in [0.717, 1.165) is 6.54 Å². The summed E-state index contributed by atoms with van der Waals surface area (Å²) >= 11 is 0. The largest absolute Gasteiger partial charge is 0.481 e. The third kappa shape index (κ3) is 5.01. The molecule has 2 unspecified atom stereocenters. The number of hydrogen-bond acceptors (Lipinski definition) is 4. The van der Waals surface area contributed by atoms with E-state index in [1.54, 1.807) is 0 Å². The minimum atomic E-state index is -0.869. The molecule has 2 atom stereocenters. The van der Waals surface area contributed by atoms with Gasteiger partial charge in [0.25, 0.3) is 0 Å². The Morgan fingerprint density at radius 2 is 2.22 bits per heavy atom. The predicted molar refractivity (Wildman–Crippen MR) is 66.2 cm³/mol. The Kier molecular flexibility index (Phi) is 6.07. The second kappa shape index (κ2) is 7.33. The number of carboxylic acids is 1. The Bertz CT molecular complexity index is 288. The quantitative estimate of drug-likeness (QED) is 0.616. The van der Waals surface area contributed by atoms with E-state index in [2.05, 4.69) is 10.6 Å². The highest BCUT2D eigenvalue weighted by atomic mass is 16.5. The van der Waals surface area contributed by atoms with Gasteiger partial charge in [0.15, 0.2) is 0 Å².